The number of hydrogen-bond acceptors (Lipinski definition) is 14. The van der Waals surface area contributed by atoms with Crippen molar-refractivity contribution in [3.63, 3.8) is 0 Å². The van der Waals surface area contributed by atoms with Crippen molar-refractivity contribution in [1.82, 2.24) is 4.90 Å². The number of ketones is 6. The van der Waals surface area contributed by atoms with Crippen LogP contribution in [-0.4, -0.2) is 84.3 Å². The number of para-hydroxylation sites is 1. The monoisotopic (exact) mass is 780 g/mol. The molecule has 5 aromatic carbocycles. The number of carbonyl (C=O) groups excluding carboxylic acids is 6. The standard InChI is InChI=1S/C16H11NO4.C16H10O4.C12H11NO4/c18-11-6-7-12(19)15-14(11)13(20)8-10(16(15)21)17-9-4-2-1-3-5-9;17-11-6-7-12(18)15-14(11)13(19)8-10(16(15)20)9-4-2-1-3-5-9;1-13(2)6-5-9(16)10-7(14)3-4-8(15)11(10)12(6)17/h1-8,17-19H;1-8,17-18H;3-5,14-15H,1-2H3. The van der Waals surface area contributed by atoms with Gasteiger partial charge in [-0.05, 0) is 60.2 Å². The van der Waals surface area contributed by atoms with E-state index in [0.717, 1.165) is 12.2 Å². The summed E-state index contributed by atoms with van der Waals surface area (Å²) in [6.07, 6.45) is 3.47. The van der Waals surface area contributed by atoms with Gasteiger partial charge in [-0.25, -0.2) is 0 Å². The lowest BCUT2D eigenvalue weighted by Gasteiger charge is -2.21. The van der Waals surface area contributed by atoms with Gasteiger partial charge in [-0.3, -0.25) is 28.8 Å². The number of aromatic hydroxyl groups is 6. The van der Waals surface area contributed by atoms with Crippen molar-refractivity contribution in [2.24, 2.45) is 0 Å². The number of rotatable bonds is 4. The molecule has 0 unspecified atom stereocenters. The molecule has 0 aliphatic heterocycles. The molecule has 0 spiro atoms. The first kappa shape index (κ1) is 39.4. The van der Waals surface area contributed by atoms with Crippen LogP contribution in [-0.2, 0) is 0 Å². The first-order valence-electron chi connectivity index (χ1n) is 17.2. The van der Waals surface area contributed by atoms with Gasteiger partial charge in [0.05, 0.1) is 44.8 Å². The van der Waals surface area contributed by atoms with Gasteiger partial charge in [0, 0.05) is 37.5 Å². The molecule has 0 fully saturated rings. The maximum absolute atomic E-state index is 12.4. The largest absolute Gasteiger partial charge is 0.507 e. The summed E-state index contributed by atoms with van der Waals surface area (Å²) in [6.45, 7) is 0. The summed E-state index contributed by atoms with van der Waals surface area (Å²) in [7, 11) is 3.25. The fraction of sp³-hybridized carbons (Fsp3) is 0.0455. The smallest absolute Gasteiger partial charge is 0.213 e. The minimum Gasteiger partial charge on any atom is -0.507 e. The third kappa shape index (κ3) is 7.40. The zero-order chi connectivity index (χ0) is 42.0. The number of hydrogen-bond donors (Lipinski definition) is 7. The Morgan fingerprint density at radius 2 is 0.793 bits per heavy atom. The SMILES string of the molecule is CN(C)C1=CC(=O)c2c(O)ccc(O)c2C1=O.O=C1C=C(Nc2ccccc2)C(=O)c2c(O)ccc(O)c21.O=C1C=C(c2ccccc2)C(=O)c2c(O)ccc(O)c21. The van der Waals surface area contributed by atoms with E-state index in [2.05, 4.69) is 5.32 Å². The van der Waals surface area contributed by atoms with Gasteiger partial charge in [-0.2, -0.15) is 0 Å². The fourth-order valence-corrected chi connectivity index (χ4v) is 6.31. The molecular weight excluding hydrogens is 748 g/mol. The summed E-state index contributed by atoms with van der Waals surface area (Å²) in [4.78, 5) is 74.3. The van der Waals surface area contributed by atoms with Crippen molar-refractivity contribution in [3.8, 4) is 34.5 Å². The second-order valence-electron chi connectivity index (χ2n) is 13.0. The molecule has 0 atom stereocenters. The van der Waals surface area contributed by atoms with Gasteiger partial charge in [0.25, 0.3) is 0 Å². The van der Waals surface area contributed by atoms with Crippen LogP contribution in [0.1, 0.15) is 67.7 Å². The van der Waals surface area contributed by atoms with E-state index in [9.17, 15) is 59.4 Å². The van der Waals surface area contributed by atoms with Crippen LogP contribution in [0.25, 0.3) is 5.57 Å². The van der Waals surface area contributed by atoms with Crippen LogP contribution >= 0.6 is 0 Å². The van der Waals surface area contributed by atoms with Gasteiger partial charge in [-0.15, -0.1) is 0 Å². The second-order valence-corrected chi connectivity index (χ2v) is 13.0. The summed E-state index contributed by atoms with van der Waals surface area (Å²) < 4.78 is 0. The second kappa shape index (κ2) is 15.8. The average molecular weight is 781 g/mol. The van der Waals surface area contributed by atoms with E-state index in [1.165, 1.54) is 47.4 Å². The minimum atomic E-state index is -0.540. The Labute approximate surface area is 329 Å². The van der Waals surface area contributed by atoms with E-state index >= 15 is 0 Å². The topological polar surface area (TPSA) is 239 Å². The highest BCUT2D eigenvalue weighted by Gasteiger charge is 2.34. The Bertz CT molecular complexity index is 2680. The summed E-state index contributed by atoms with van der Waals surface area (Å²) in [6, 6.07) is 24.8. The lowest BCUT2D eigenvalue weighted by Crippen LogP contribution is -2.26. The minimum absolute atomic E-state index is 0.0552. The Hall–Kier alpha value is -8.26. The van der Waals surface area contributed by atoms with Gasteiger partial charge in [-0.1, -0.05) is 48.5 Å². The first-order valence-corrected chi connectivity index (χ1v) is 17.2. The lowest BCUT2D eigenvalue weighted by molar-refractivity contribution is 0.0957. The Morgan fingerprint density at radius 3 is 1.26 bits per heavy atom. The van der Waals surface area contributed by atoms with Gasteiger partial charge in [0.1, 0.15) is 34.5 Å². The number of Topliss-reactive ketones (excluding diaryl/α,β-unsaturated/α-hetero) is 3. The Balaban J connectivity index is 0.000000148. The number of allylic oxidation sites excluding steroid dienone is 6. The van der Waals surface area contributed by atoms with Gasteiger partial charge < -0.3 is 40.9 Å². The summed E-state index contributed by atoms with van der Waals surface area (Å²) in [5, 5.41) is 61.1. The van der Waals surface area contributed by atoms with Crippen LogP contribution in [0.5, 0.6) is 34.5 Å². The highest BCUT2D eigenvalue weighted by atomic mass is 16.3. The van der Waals surface area contributed by atoms with Gasteiger partial charge >= 0.3 is 0 Å². The number of nitrogens with one attached hydrogen (secondary N) is 1. The molecule has 14 nitrogen and oxygen atoms in total. The molecule has 0 radical (unpaired) electrons. The van der Waals surface area contributed by atoms with E-state index in [1.807, 2.05) is 6.07 Å². The molecule has 0 saturated heterocycles. The number of anilines is 1. The number of nitrogens with zero attached hydrogens (tertiary/aromatic N) is 1. The Morgan fingerprint density at radius 1 is 0.414 bits per heavy atom. The third-order valence-corrected chi connectivity index (χ3v) is 9.06. The molecule has 58 heavy (non-hydrogen) atoms. The number of likely N-dealkylation sites (N-methyl/N-ethyl adjacent to an activating group) is 1. The molecule has 0 heterocycles. The van der Waals surface area contributed by atoms with E-state index in [1.54, 1.807) is 68.7 Å². The van der Waals surface area contributed by atoms with Crippen molar-refractivity contribution in [1.29, 1.82) is 0 Å². The summed E-state index contributed by atoms with van der Waals surface area (Å²) >= 11 is 0. The molecule has 5 aromatic rings. The van der Waals surface area contributed by atoms with Crippen molar-refractivity contribution in [2.45, 2.75) is 0 Å². The molecule has 0 saturated carbocycles. The number of carbonyl (C=O) groups is 6. The van der Waals surface area contributed by atoms with E-state index in [0.29, 0.717) is 11.3 Å². The third-order valence-electron chi connectivity index (χ3n) is 9.06. The van der Waals surface area contributed by atoms with Gasteiger partial charge in [0.15, 0.2) is 23.1 Å². The highest BCUT2D eigenvalue weighted by molar-refractivity contribution is 6.40. The van der Waals surface area contributed by atoms with Crippen molar-refractivity contribution in [3.05, 3.63) is 166 Å². The van der Waals surface area contributed by atoms with Crippen LogP contribution in [0.3, 0.4) is 0 Å². The number of fused-ring (bicyclic) bond motifs is 3. The zero-order valence-electron chi connectivity index (χ0n) is 30.5. The molecule has 0 aromatic heterocycles. The fourth-order valence-electron chi connectivity index (χ4n) is 6.31. The van der Waals surface area contributed by atoms with Crippen molar-refractivity contribution in [2.75, 3.05) is 19.4 Å². The van der Waals surface area contributed by atoms with Crippen LogP contribution in [0.2, 0.25) is 0 Å². The molecule has 3 aliphatic rings. The van der Waals surface area contributed by atoms with E-state index in [4.69, 9.17) is 0 Å². The first-order chi connectivity index (χ1) is 27.6. The predicted molar refractivity (Wildman–Crippen MR) is 210 cm³/mol. The maximum Gasteiger partial charge on any atom is 0.213 e. The van der Waals surface area contributed by atoms with E-state index < -0.39 is 34.7 Å². The van der Waals surface area contributed by atoms with Crippen LogP contribution in [0.4, 0.5) is 5.69 Å². The van der Waals surface area contributed by atoms with Crippen LogP contribution < -0.4 is 5.32 Å². The zero-order valence-corrected chi connectivity index (χ0v) is 30.5. The number of benzene rings is 5. The summed E-state index contributed by atoms with van der Waals surface area (Å²) in [5.41, 5.74) is 0.784. The molecule has 7 N–H and O–H groups in total. The molecule has 8 rings (SSSR count). The Kier molecular flexibility index (Phi) is 10.8. The van der Waals surface area contributed by atoms with Crippen LogP contribution in [0.15, 0.2) is 127 Å². The number of phenols is 6. The van der Waals surface area contributed by atoms with E-state index in [-0.39, 0.29) is 84.8 Å². The van der Waals surface area contributed by atoms with Crippen molar-refractivity contribution < 1.29 is 59.4 Å². The van der Waals surface area contributed by atoms with Crippen molar-refractivity contribution >= 4 is 46.0 Å². The predicted octanol–water partition coefficient (Wildman–Crippen LogP) is 5.96. The molecule has 0 amide bonds. The maximum atomic E-state index is 12.4. The molecular formula is C44H32N2O12. The molecule has 3 aliphatic carbocycles. The molecule has 14 heteroatoms. The molecule has 290 valence electrons. The normalized spacial score (nSPS) is 13.9. The molecule has 0 bridgehead atoms. The summed E-state index contributed by atoms with van der Waals surface area (Å²) in [5.74, 6) is -4.87. The van der Waals surface area contributed by atoms with Crippen LogP contribution in [0, 0.1) is 0 Å². The average Bonchev–Trinajstić information content (AvgIpc) is 3.20. The highest BCUT2D eigenvalue weighted by Crippen LogP contribution is 2.38. The number of phenolic OH excluding ortho intramolecular Hbond substituents is 6. The quantitative estimate of drug-likeness (QED) is 0.104. The lowest BCUT2D eigenvalue weighted by atomic mass is 9.85. The van der Waals surface area contributed by atoms with Gasteiger partial charge in [0.2, 0.25) is 11.6 Å².